The van der Waals surface area contributed by atoms with Crippen molar-refractivity contribution < 1.29 is 14.6 Å². The maximum atomic E-state index is 10.4. The highest BCUT2D eigenvalue weighted by Crippen LogP contribution is 2.10. The molecule has 92 valence electrons. The maximum Gasteiger partial charge on any atom is 0.309 e. The molecule has 0 aliphatic heterocycles. The SMILES string of the molecule is Cc1ccnc(-c2cc[n+](CCC(=O)O)nc2)n1. The van der Waals surface area contributed by atoms with Gasteiger partial charge in [0, 0.05) is 23.5 Å². The minimum Gasteiger partial charge on any atom is -0.481 e. The van der Waals surface area contributed by atoms with Crippen LogP contribution in [0.25, 0.3) is 11.4 Å². The zero-order valence-electron chi connectivity index (χ0n) is 9.95. The molecule has 0 aromatic carbocycles. The number of aliphatic carboxylic acids is 1. The second-order valence-corrected chi connectivity index (χ2v) is 3.84. The predicted octanol–water partition coefficient (Wildman–Crippen LogP) is 0.609. The molecule has 2 heterocycles. The fourth-order valence-electron chi connectivity index (χ4n) is 1.45. The van der Waals surface area contributed by atoms with Crippen LogP contribution in [-0.2, 0) is 11.3 Å². The van der Waals surface area contributed by atoms with Gasteiger partial charge < -0.3 is 5.11 Å². The third-order valence-corrected chi connectivity index (χ3v) is 2.38. The number of rotatable bonds is 4. The van der Waals surface area contributed by atoms with Crippen molar-refractivity contribution in [1.29, 1.82) is 0 Å². The van der Waals surface area contributed by atoms with E-state index in [0.717, 1.165) is 11.3 Å². The number of aryl methyl sites for hydroxylation is 2. The highest BCUT2D eigenvalue weighted by molar-refractivity contribution is 5.66. The lowest BCUT2D eigenvalue weighted by atomic mass is 10.3. The molecule has 0 spiro atoms. The molecule has 0 aliphatic rings. The smallest absolute Gasteiger partial charge is 0.309 e. The minimum atomic E-state index is -0.838. The van der Waals surface area contributed by atoms with E-state index in [0.29, 0.717) is 12.4 Å². The number of carboxylic acid groups (broad SMARTS) is 1. The van der Waals surface area contributed by atoms with Gasteiger partial charge in [0.25, 0.3) is 0 Å². The van der Waals surface area contributed by atoms with Gasteiger partial charge in [0.15, 0.2) is 18.6 Å². The topological polar surface area (TPSA) is 79.9 Å². The Morgan fingerprint density at radius 2 is 2.28 bits per heavy atom. The van der Waals surface area contributed by atoms with Gasteiger partial charge >= 0.3 is 5.97 Å². The fraction of sp³-hybridized carbons (Fsp3) is 0.250. The first-order valence-electron chi connectivity index (χ1n) is 5.53. The zero-order chi connectivity index (χ0) is 13.0. The zero-order valence-corrected chi connectivity index (χ0v) is 9.95. The van der Waals surface area contributed by atoms with Crippen molar-refractivity contribution in [2.24, 2.45) is 0 Å². The van der Waals surface area contributed by atoms with E-state index in [1.807, 2.05) is 19.1 Å². The lowest BCUT2D eigenvalue weighted by Gasteiger charge is -1.99. The highest BCUT2D eigenvalue weighted by atomic mass is 16.4. The van der Waals surface area contributed by atoms with Gasteiger partial charge in [0.05, 0.1) is 0 Å². The van der Waals surface area contributed by atoms with Crippen LogP contribution in [0, 0.1) is 6.92 Å². The van der Waals surface area contributed by atoms with Gasteiger partial charge in [-0.1, -0.05) is 4.68 Å². The number of carboxylic acids is 1. The molecule has 18 heavy (non-hydrogen) atoms. The summed E-state index contributed by atoms with van der Waals surface area (Å²) in [5, 5.41) is 12.7. The molecule has 0 atom stereocenters. The average molecular weight is 245 g/mol. The first-order chi connectivity index (χ1) is 8.65. The average Bonchev–Trinajstić information content (AvgIpc) is 2.37. The van der Waals surface area contributed by atoms with Crippen molar-refractivity contribution in [3.05, 3.63) is 36.4 Å². The molecule has 2 rings (SSSR count). The van der Waals surface area contributed by atoms with Crippen LogP contribution >= 0.6 is 0 Å². The second kappa shape index (κ2) is 5.31. The minimum absolute atomic E-state index is 0.0535. The van der Waals surface area contributed by atoms with Crippen LogP contribution in [0.3, 0.4) is 0 Å². The Bertz CT molecular complexity index is 554. The van der Waals surface area contributed by atoms with Crippen LogP contribution in [0.4, 0.5) is 0 Å². The fourth-order valence-corrected chi connectivity index (χ4v) is 1.45. The van der Waals surface area contributed by atoms with Crippen molar-refractivity contribution in [2.45, 2.75) is 19.9 Å². The molecule has 1 N–H and O–H groups in total. The Morgan fingerprint density at radius 1 is 1.44 bits per heavy atom. The molecule has 0 fully saturated rings. The Kier molecular flexibility index (Phi) is 3.57. The van der Waals surface area contributed by atoms with Gasteiger partial charge in [-0.05, 0) is 18.1 Å². The Hall–Kier alpha value is -2.37. The van der Waals surface area contributed by atoms with Gasteiger partial charge in [-0.3, -0.25) is 4.79 Å². The van der Waals surface area contributed by atoms with Gasteiger partial charge in [0.1, 0.15) is 12.6 Å². The molecular weight excluding hydrogens is 232 g/mol. The Morgan fingerprint density at radius 3 is 2.89 bits per heavy atom. The van der Waals surface area contributed by atoms with Crippen LogP contribution in [0.15, 0.2) is 30.7 Å². The van der Waals surface area contributed by atoms with Gasteiger partial charge in [-0.2, -0.15) is 0 Å². The number of aromatic nitrogens is 4. The summed E-state index contributed by atoms with van der Waals surface area (Å²) < 4.78 is 1.58. The molecule has 6 nitrogen and oxygen atoms in total. The monoisotopic (exact) mass is 245 g/mol. The number of hydrogen-bond donors (Lipinski definition) is 1. The van der Waals surface area contributed by atoms with E-state index in [2.05, 4.69) is 15.1 Å². The molecule has 0 bridgehead atoms. The molecule has 0 saturated carbocycles. The maximum absolute atomic E-state index is 10.4. The third kappa shape index (κ3) is 3.07. The van der Waals surface area contributed by atoms with E-state index in [-0.39, 0.29) is 6.42 Å². The summed E-state index contributed by atoms with van der Waals surface area (Å²) in [5.74, 6) is -0.219. The Labute approximate surface area is 104 Å². The summed E-state index contributed by atoms with van der Waals surface area (Å²) in [6.45, 7) is 2.25. The van der Waals surface area contributed by atoms with E-state index in [9.17, 15) is 4.79 Å². The van der Waals surface area contributed by atoms with Gasteiger partial charge in [-0.25, -0.2) is 9.97 Å². The van der Waals surface area contributed by atoms with Crippen LogP contribution < -0.4 is 4.68 Å². The van der Waals surface area contributed by atoms with Gasteiger partial charge in [0.2, 0.25) is 0 Å². The lowest BCUT2D eigenvalue weighted by molar-refractivity contribution is -0.752. The van der Waals surface area contributed by atoms with E-state index < -0.39 is 5.97 Å². The van der Waals surface area contributed by atoms with Crippen LogP contribution in [0.5, 0.6) is 0 Å². The largest absolute Gasteiger partial charge is 0.481 e. The quantitative estimate of drug-likeness (QED) is 0.798. The number of nitrogens with zero attached hydrogens (tertiary/aromatic N) is 4. The summed E-state index contributed by atoms with van der Waals surface area (Å²) in [5.41, 5.74) is 1.70. The molecule has 6 heteroatoms. The van der Waals surface area contributed by atoms with E-state index in [1.54, 1.807) is 23.3 Å². The lowest BCUT2D eigenvalue weighted by Crippen LogP contribution is -2.38. The molecule has 0 saturated heterocycles. The number of hydrogen-bond acceptors (Lipinski definition) is 4. The molecule has 0 aliphatic carbocycles. The Balaban J connectivity index is 2.14. The summed E-state index contributed by atoms with van der Waals surface area (Å²) in [7, 11) is 0. The van der Waals surface area contributed by atoms with Crippen molar-refractivity contribution >= 4 is 5.97 Å². The highest BCUT2D eigenvalue weighted by Gasteiger charge is 2.08. The standard InChI is InChI=1S/C12H12N4O2/c1-9-2-5-13-12(15-9)10-3-6-16(14-8-10)7-4-11(17)18/h2-3,5-6,8H,4,7H2,1H3/p+1. The molecule has 2 aromatic heterocycles. The molecule has 2 aromatic rings. The summed E-state index contributed by atoms with van der Waals surface area (Å²) in [4.78, 5) is 18.9. The molecule has 0 amide bonds. The first kappa shape index (κ1) is 12.1. The molecular formula is C12H13N4O2+. The molecule has 0 unspecified atom stereocenters. The van der Waals surface area contributed by atoms with Crippen LogP contribution in [0.2, 0.25) is 0 Å². The van der Waals surface area contributed by atoms with Crippen molar-refractivity contribution in [3.63, 3.8) is 0 Å². The van der Waals surface area contributed by atoms with Crippen molar-refractivity contribution in [2.75, 3.05) is 0 Å². The van der Waals surface area contributed by atoms with Crippen LogP contribution in [0.1, 0.15) is 12.1 Å². The summed E-state index contributed by atoms with van der Waals surface area (Å²) in [6, 6.07) is 3.65. The van der Waals surface area contributed by atoms with E-state index >= 15 is 0 Å². The van der Waals surface area contributed by atoms with Gasteiger partial charge in [-0.15, -0.1) is 0 Å². The molecule has 0 radical (unpaired) electrons. The number of carbonyl (C=O) groups is 1. The first-order valence-corrected chi connectivity index (χ1v) is 5.53. The van der Waals surface area contributed by atoms with E-state index in [4.69, 9.17) is 5.11 Å². The summed E-state index contributed by atoms with van der Waals surface area (Å²) in [6.07, 6.45) is 5.11. The van der Waals surface area contributed by atoms with Crippen LogP contribution in [-0.4, -0.2) is 26.1 Å². The normalized spacial score (nSPS) is 10.3. The predicted molar refractivity (Wildman–Crippen MR) is 62.4 cm³/mol. The third-order valence-electron chi connectivity index (χ3n) is 2.38. The van der Waals surface area contributed by atoms with Crippen molar-refractivity contribution in [3.8, 4) is 11.4 Å². The van der Waals surface area contributed by atoms with E-state index in [1.165, 1.54) is 0 Å². The van der Waals surface area contributed by atoms with Crippen molar-refractivity contribution in [1.82, 2.24) is 15.1 Å². The second-order valence-electron chi connectivity index (χ2n) is 3.84. The summed E-state index contributed by atoms with van der Waals surface area (Å²) >= 11 is 0.